The van der Waals surface area contributed by atoms with Gasteiger partial charge >= 0.3 is 0 Å². The zero-order valence-electron chi connectivity index (χ0n) is 13.3. The van der Waals surface area contributed by atoms with Gasteiger partial charge in [0.05, 0.1) is 0 Å². The molecule has 23 heavy (non-hydrogen) atoms. The van der Waals surface area contributed by atoms with Gasteiger partial charge in [-0.25, -0.2) is 0 Å². The molecule has 5 nitrogen and oxygen atoms in total. The molecule has 0 aliphatic carbocycles. The highest BCUT2D eigenvalue weighted by molar-refractivity contribution is 5.99. The molecule has 2 N–H and O–H groups in total. The standard InChI is InChI=1S/C18H20O5/c1-11-6-4-7-14(10-11)22-18(13(3)20)23-16-9-5-8-15(21)17(16)12(2)19/h4-10,13,18,20-21H,1-3H3. The van der Waals surface area contributed by atoms with Crippen LogP contribution in [0.1, 0.15) is 29.8 Å². The van der Waals surface area contributed by atoms with E-state index in [4.69, 9.17) is 9.47 Å². The largest absolute Gasteiger partial charge is 0.507 e. The fourth-order valence-corrected chi connectivity index (χ4v) is 2.14. The molecule has 0 amide bonds. The molecule has 0 saturated heterocycles. The van der Waals surface area contributed by atoms with Crippen molar-refractivity contribution in [1.29, 1.82) is 0 Å². The molecule has 0 fully saturated rings. The summed E-state index contributed by atoms with van der Waals surface area (Å²) in [6.07, 6.45) is -1.96. The number of hydrogen-bond acceptors (Lipinski definition) is 5. The Kier molecular flexibility index (Phi) is 5.24. The Balaban J connectivity index is 2.27. The third kappa shape index (κ3) is 4.23. The molecule has 2 rings (SSSR count). The van der Waals surface area contributed by atoms with Crippen LogP contribution in [0, 0.1) is 6.92 Å². The summed E-state index contributed by atoms with van der Waals surface area (Å²) in [6.45, 7) is 4.78. The Labute approximate surface area is 135 Å². The van der Waals surface area contributed by atoms with Crippen LogP contribution in [0.3, 0.4) is 0 Å². The molecule has 0 spiro atoms. The third-order valence-electron chi connectivity index (χ3n) is 3.24. The summed E-state index contributed by atoms with van der Waals surface area (Å²) in [5, 5.41) is 19.7. The number of aryl methyl sites for hydroxylation is 1. The SMILES string of the molecule is CC(=O)c1c(O)cccc1OC(Oc1cccc(C)c1)C(C)O. The van der Waals surface area contributed by atoms with Crippen LogP contribution < -0.4 is 9.47 Å². The van der Waals surface area contributed by atoms with Gasteiger partial charge in [0.1, 0.15) is 28.9 Å². The number of aromatic hydroxyl groups is 1. The molecule has 0 aromatic heterocycles. The van der Waals surface area contributed by atoms with E-state index in [2.05, 4.69) is 0 Å². The van der Waals surface area contributed by atoms with E-state index < -0.39 is 12.4 Å². The van der Waals surface area contributed by atoms with Crippen LogP contribution in [-0.2, 0) is 0 Å². The van der Waals surface area contributed by atoms with Crippen molar-refractivity contribution >= 4 is 5.78 Å². The van der Waals surface area contributed by atoms with Crippen LogP contribution in [0.2, 0.25) is 0 Å². The second-order valence-electron chi connectivity index (χ2n) is 5.37. The van der Waals surface area contributed by atoms with Gasteiger partial charge in [-0.1, -0.05) is 18.2 Å². The molecular formula is C18H20O5. The number of carbonyl (C=O) groups is 1. The Hall–Kier alpha value is -2.53. The predicted molar refractivity (Wildman–Crippen MR) is 86.0 cm³/mol. The van der Waals surface area contributed by atoms with E-state index in [-0.39, 0.29) is 22.8 Å². The second kappa shape index (κ2) is 7.15. The minimum atomic E-state index is -1.02. The van der Waals surface area contributed by atoms with Crippen molar-refractivity contribution in [2.75, 3.05) is 0 Å². The van der Waals surface area contributed by atoms with Crippen LogP contribution in [0.4, 0.5) is 0 Å². The maximum Gasteiger partial charge on any atom is 0.266 e. The normalized spacial score (nSPS) is 13.2. The van der Waals surface area contributed by atoms with Crippen molar-refractivity contribution in [3.63, 3.8) is 0 Å². The van der Waals surface area contributed by atoms with Gasteiger partial charge in [-0.2, -0.15) is 0 Å². The summed E-state index contributed by atoms with van der Waals surface area (Å²) in [4.78, 5) is 11.7. The number of phenolic OH excluding ortho intramolecular Hbond substituents is 1. The van der Waals surface area contributed by atoms with E-state index in [1.807, 2.05) is 25.1 Å². The molecular weight excluding hydrogens is 296 g/mol. The van der Waals surface area contributed by atoms with Crippen molar-refractivity contribution in [2.45, 2.75) is 33.2 Å². The molecule has 122 valence electrons. The van der Waals surface area contributed by atoms with Gasteiger partial charge in [-0.3, -0.25) is 4.79 Å². The van der Waals surface area contributed by atoms with Crippen LogP contribution in [0.5, 0.6) is 17.2 Å². The van der Waals surface area contributed by atoms with Crippen LogP contribution in [-0.4, -0.2) is 28.4 Å². The van der Waals surface area contributed by atoms with Crippen LogP contribution in [0.15, 0.2) is 42.5 Å². The molecule has 2 atom stereocenters. The van der Waals surface area contributed by atoms with E-state index in [0.717, 1.165) is 5.56 Å². The summed E-state index contributed by atoms with van der Waals surface area (Å²) in [6, 6.07) is 11.8. The van der Waals surface area contributed by atoms with E-state index in [0.29, 0.717) is 5.75 Å². The van der Waals surface area contributed by atoms with E-state index in [9.17, 15) is 15.0 Å². The predicted octanol–water partition coefficient (Wildman–Crippen LogP) is 3.07. The molecule has 0 saturated carbocycles. The molecule has 2 aromatic rings. The lowest BCUT2D eigenvalue weighted by atomic mass is 10.1. The quantitative estimate of drug-likeness (QED) is 0.633. The topological polar surface area (TPSA) is 76.0 Å². The first kappa shape index (κ1) is 16.8. The summed E-state index contributed by atoms with van der Waals surface area (Å²) in [5.74, 6) is 0.198. The third-order valence-corrected chi connectivity index (χ3v) is 3.24. The number of ketones is 1. The summed E-state index contributed by atoms with van der Waals surface area (Å²) >= 11 is 0. The number of carbonyl (C=O) groups excluding carboxylic acids is 1. The second-order valence-corrected chi connectivity index (χ2v) is 5.37. The lowest BCUT2D eigenvalue weighted by molar-refractivity contribution is -0.0780. The lowest BCUT2D eigenvalue weighted by Gasteiger charge is -2.24. The molecule has 0 aliphatic rings. The number of Topliss-reactive ketones (excluding diaryl/α,β-unsaturated/α-hetero) is 1. The summed E-state index contributed by atoms with van der Waals surface area (Å²) in [7, 11) is 0. The van der Waals surface area contributed by atoms with Crippen molar-refractivity contribution in [3.05, 3.63) is 53.6 Å². The number of aliphatic hydroxyl groups excluding tert-OH is 1. The monoisotopic (exact) mass is 316 g/mol. The lowest BCUT2D eigenvalue weighted by Crippen LogP contribution is -2.35. The van der Waals surface area contributed by atoms with Gasteiger partial charge in [-0.05, 0) is 50.6 Å². The molecule has 0 radical (unpaired) electrons. The minimum Gasteiger partial charge on any atom is -0.507 e. The van der Waals surface area contributed by atoms with Gasteiger partial charge in [0.2, 0.25) is 0 Å². The van der Waals surface area contributed by atoms with Gasteiger partial charge in [-0.15, -0.1) is 0 Å². The maximum atomic E-state index is 11.7. The van der Waals surface area contributed by atoms with E-state index >= 15 is 0 Å². The van der Waals surface area contributed by atoms with E-state index in [1.54, 1.807) is 18.2 Å². The summed E-state index contributed by atoms with van der Waals surface area (Å²) in [5.41, 5.74) is 1.07. The Morgan fingerprint density at radius 2 is 1.83 bits per heavy atom. The van der Waals surface area contributed by atoms with E-state index in [1.165, 1.54) is 19.9 Å². The zero-order chi connectivity index (χ0) is 17.0. The summed E-state index contributed by atoms with van der Waals surface area (Å²) < 4.78 is 11.3. The highest BCUT2D eigenvalue weighted by Gasteiger charge is 2.23. The number of benzene rings is 2. The van der Waals surface area contributed by atoms with Gasteiger partial charge in [0.15, 0.2) is 5.78 Å². The van der Waals surface area contributed by atoms with Crippen molar-refractivity contribution in [1.82, 2.24) is 0 Å². The number of phenols is 1. The zero-order valence-corrected chi connectivity index (χ0v) is 13.3. The Morgan fingerprint density at radius 1 is 1.13 bits per heavy atom. The molecule has 2 unspecified atom stereocenters. The van der Waals surface area contributed by atoms with Crippen molar-refractivity contribution in [2.24, 2.45) is 0 Å². The fourth-order valence-electron chi connectivity index (χ4n) is 2.14. The van der Waals surface area contributed by atoms with Gasteiger partial charge in [0.25, 0.3) is 6.29 Å². The Morgan fingerprint density at radius 3 is 2.43 bits per heavy atom. The number of ether oxygens (including phenoxy) is 2. The maximum absolute atomic E-state index is 11.7. The highest BCUT2D eigenvalue weighted by Crippen LogP contribution is 2.29. The Bertz CT molecular complexity index is 694. The molecule has 2 aromatic carbocycles. The van der Waals surface area contributed by atoms with Crippen molar-refractivity contribution < 1.29 is 24.5 Å². The molecule has 0 aliphatic heterocycles. The average Bonchev–Trinajstić information content (AvgIpc) is 2.46. The number of aliphatic hydroxyl groups is 1. The van der Waals surface area contributed by atoms with Gasteiger partial charge in [0, 0.05) is 0 Å². The first-order valence-corrected chi connectivity index (χ1v) is 7.29. The molecule has 0 bridgehead atoms. The first-order chi connectivity index (χ1) is 10.9. The smallest absolute Gasteiger partial charge is 0.266 e. The number of rotatable bonds is 6. The highest BCUT2D eigenvalue weighted by atomic mass is 16.7. The number of hydrogen-bond donors (Lipinski definition) is 2. The first-order valence-electron chi connectivity index (χ1n) is 7.29. The minimum absolute atomic E-state index is 0.0611. The van der Waals surface area contributed by atoms with Gasteiger partial charge < -0.3 is 19.7 Å². The van der Waals surface area contributed by atoms with Crippen LogP contribution >= 0.6 is 0 Å². The average molecular weight is 316 g/mol. The molecule has 5 heteroatoms. The fraction of sp³-hybridized carbons (Fsp3) is 0.278. The molecule has 0 heterocycles. The van der Waals surface area contributed by atoms with Crippen molar-refractivity contribution in [3.8, 4) is 17.2 Å². The van der Waals surface area contributed by atoms with Crippen LogP contribution in [0.25, 0.3) is 0 Å².